The molecule has 0 radical (unpaired) electrons. The maximum atomic E-state index is 13.0. The molecule has 1 aromatic rings. The Bertz CT molecular complexity index is 712. The summed E-state index contributed by atoms with van der Waals surface area (Å²) < 4.78 is 5.77. The van der Waals surface area contributed by atoms with Gasteiger partial charge in [-0.05, 0) is 25.0 Å². The van der Waals surface area contributed by atoms with Crippen LogP contribution >= 0.6 is 0 Å². The number of amides is 2. The third-order valence-corrected chi connectivity index (χ3v) is 5.33. The Balaban J connectivity index is 1.61. The highest BCUT2D eigenvalue weighted by Gasteiger charge is 2.46. The lowest BCUT2D eigenvalue weighted by Crippen LogP contribution is -2.61. The molecule has 6 heteroatoms. The summed E-state index contributed by atoms with van der Waals surface area (Å²) in [6.07, 6.45) is 5.47. The number of rotatable bonds is 0. The van der Waals surface area contributed by atoms with Crippen LogP contribution in [0.25, 0.3) is 0 Å². The largest absolute Gasteiger partial charge is 0.489 e. The molecule has 0 unspecified atom stereocenters. The van der Waals surface area contributed by atoms with E-state index in [1.54, 1.807) is 6.07 Å². The van der Waals surface area contributed by atoms with Crippen molar-refractivity contribution in [1.82, 2.24) is 15.5 Å². The summed E-state index contributed by atoms with van der Waals surface area (Å²) >= 11 is 0. The number of nitrogens with zero attached hydrogens (tertiary/aromatic N) is 1. The van der Waals surface area contributed by atoms with Crippen LogP contribution in [0, 0.1) is 5.41 Å². The summed E-state index contributed by atoms with van der Waals surface area (Å²) in [4.78, 5) is 27.5. The van der Waals surface area contributed by atoms with E-state index < -0.39 is 0 Å². The second-order valence-corrected chi connectivity index (χ2v) is 7.08. The lowest BCUT2D eigenvalue weighted by atomic mass is 9.77. The van der Waals surface area contributed by atoms with Crippen molar-refractivity contribution in [3.8, 4) is 5.75 Å². The fourth-order valence-corrected chi connectivity index (χ4v) is 3.77. The lowest BCUT2D eigenvalue weighted by Gasteiger charge is -2.43. The number of allylic oxidation sites excluding steroid dienone is 1. The predicted octanol–water partition coefficient (Wildman–Crippen LogP) is 0.946. The van der Waals surface area contributed by atoms with Crippen LogP contribution in [-0.2, 0) is 4.79 Å². The van der Waals surface area contributed by atoms with E-state index in [9.17, 15) is 9.59 Å². The SMILES string of the molecule is O=C1N[C@H]2CCN(C2)C(=O)C2(CC=CCOc3ccccc31)CNC2. The van der Waals surface area contributed by atoms with Crippen molar-refractivity contribution in [2.24, 2.45) is 5.41 Å². The van der Waals surface area contributed by atoms with Crippen molar-refractivity contribution < 1.29 is 14.3 Å². The van der Waals surface area contributed by atoms with E-state index >= 15 is 0 Å². The van der Waals surface area contributed by atoms with Gasteiger partial charge in [0.05, 0.1) is 11.0 Å². The van der Waals surface area contributed by atoms with E-state index in [4.69, 9.17) is 4.74 Å². The Morgan fingerprint density at radius 1 is 1.16 bits per heavy atom. The Morgan fingerprint density at radius 3 is 2.80 bits per heavy atom. The predicted molar refractivity (Wildman–Crippen MR) is 93.4 cm³/mol. The average Bonchev–Trinajstić information content (AvgIpc) is 3.04. The van der Waals surface area contributed by atoms with E-state index in [1.807, 2.05) is 35.3 Å². The van der Waals surface area contributed by atoms with Gasteiger partial charge < -0.3 is 20.3 Å². The Labute approximate surface area is 147 Å². The van der Waals surface area contributed by atoms with Crippen LogP contribution in [0.4, 0.5) is 0 Å². The molecule has 6 nitrogen and oxygen atoms in total. The molecule has 3 heterocycles. The molecule has 0 aromatic heterocycles. The van der Waals surface area contributed by atoms with Crippen LogP contribution in [0.15, 0.2) is 36.4 Å². The molecule has 0 saturated carbocycles. The van der Waals surface area contributed by atoms with Crippen LogP contribution in [0.5, 0.6) is 5.75 Å². The minimum atomic E-state index is -0.336. The lowest BCUT2D eigenvalue weighted by molar-refractivity contribution is -0.144. The molecule has 4 rings (SSSR count). The summed E-state index contributed by atoms with van der Waals surface area (Å²) in [5.41, 5.74) is 0.203. The first-order valence-corrected chi connectivity index (χ1v) is 8.86. The second-order valence-electron chi connectivity index (χ2n) is 7.08. The minimum absolute atomic E-state index is 0.00641. The number of nitrogens with one attached hydrogen (secondary N) is 2. The van der Waals surface area contributed by atoms with Gasteiger partial charge in [-0.1, -0.05) is 24.3 Å². The molecule has 132 valence electrons. The van der Waals surface area contributed by atoms with Crippen molar-refractivity contribution >= 4 is 11.8 Å². The highest BCUT2D eigenvalue weighted by Crippen LogP contribution is 2.32. The zero-order valence-electron chi connectivity index (χ0n) is 14.2. The second kappa shape index (κ2) is 6.52. The Hall–Kier alpha value is -2.34. The smallest absolute Gasteiger partial charge is 0.255 e. The molecule has 25 heavy (non-hydrogen) atoms. The first-order chi connectivity index (χ1) is 12.2. The Morgan fingerprint density at radius 2 is 2.00 bits per heavy atom. The molecule has 0 aliphatic carbocycles. The molecule has 2 N–H and O–H groups in total. The van der Waals surface area contributed by atoms with Crippen molar-refractivity contribution in [2.45, 2.75) is 18.9 Å². The maximum Gasteiger partial charge on any atom is 0.255 e. The maximum absolute atomic E-state index is 13.0. The summed E-state index contributed by atoms with van der Waals surface area (Å²) in [6.45, 7) is 3.10. The van der Waals surface area contributed by atoms with Gasteiger partial charge in [0, 0.05) is 32.2 Å². The number of hydrogen-bond donors (Lipinski definition) is 2. The van der Waals surface area contributed by atoms with Gasteiger partial charge >= 0.3 is 0 Å². The van der Waals surface area contributed by atoms with E-state index in [-0.39, 0.29) is 23.3 Å². The molecule has 2 amide bonds. The molecule has 1 spiro atoms. The topological polar surface area (TPSA) is 70.7 Å². The fraction of sp³-hybridized carbons (Fsp3) is 0.474. The molecule has 3 aliphatic heterocycles. The molecule has 3 aliphatic rings. The van der Waals surface area contributed by atoms with Crippen molar-refractivity contribution in [1.29, 1.82) is 0 Å². The molecule has 1 atom stereocenters. The van der Waals surface area contributed by atoms with Gasteiger partial charge in [-0.25, -0.2) is 0 Å². The zero-order chi connectivity index (χ0) is 17.3. The van der Waals surface area contributed by atoms with Gasteiger partial charge in [0.25, 0.3) is 5.91 Å². The van der Waals surface area contributed by atoms with Crippen LogP contribution < -0.4 is 15.4 Å². The standard InChI is InChI=1S/C19H23N3O3/c23-17-15-5-1-2-6-16(15)25-10-4-3-8-19(12-20-13-19)18(24)22-9-7-14(11-22)21-17/h1-6,14,20H,7-13H2,(H,21,23)/t14-/m0/s1. The van der Waals surface area contributed by atoms with Crippen molar-refractivity contribution in [3.05, 3.63) is 42.0 Å². The number of fused-ring (bicyclic) bond motifs is 3. The van der Waals surface area contributed by atoms with Gasteiger partial charge in [0.15, 0.2) is 0 Å². The van der Waals surface area contributed by atoms with Gasteiger partial charge in [0.2, 0.25) is 5.91 Å². The van der Waals surface area contributed by atoms with Crippen molar-refractivity contribution in [3.63, 3.8) is 0 Å². The zero-order valence-corrected chi connectivity index (χ0v) is 14.2. The number of carbonyl (C=O) groups is 2. The molecule has 1 aromatic carbocycles. The number of hydrogen-bond acceptors (Lipinski definition) is 4. The van der Waals surface area contributed by atoms with Crippen molar-refractivity contribution in [2.75, 3.05) is 32.8 Å². The third kappa shape index (κ3) is 3.02. The first-order valence-electron chi connectivity index (χ1n) is 8.86. The van der Waals surface area contributed by atoms with E-state index in [1.165, 1.54) is 0 Å². The van der Waals surface area contributed by atoms with Crippen LogP contribution in [-0.4, -0.2) is 55.5 Å². The number of ether oxygens (including phenoxy) is 1. The highest BCUT2D eigenvalue weighted by molar-refractivity contribution is 5.97. The fourth-order valence-electron chi connectivity index (χ4n) is 3.77. The molecular weight excluding hydrogens is 318 g/mol. The van der Waals surface area contributed by atoms with E-state index in [0.29, 0.717) is 44.1 Å². The molecule has 2 bridgehead atoms. The third-order valence-electron chi connectivity index (χ3n) is 5.33. The van der Waals surface area contributed by atoms with Gasteiger partial charge in [-0.2, -0.15) is 0 Å². The van der Waals surface area contributed by atoms with E-state index in [2.05, 4.69) is 10.6 Å². The summed E-state index contributed by atoms with van der Waals surface area (Å²) in [5, 5.41) is 6.29. The van der Waals surface area contributed by atoms with Gasteiger partial charge in [-0.15, -0.1) is 0 Å². The van der Waals surface area contributed by atoms with Gasteiger partial charge in [0.1, 0.15) is 12.4 Å². The molecule has 2 saturated heterocycles. The van der Waals surface area contributed by atoms with Crippen LogP contribution in [0.1, 0.15) is 23.2 Å². The molecule has 2 fully saturated rings. The Kier molecular flexibility index (Phi) is 4.21. The normalized spacial score (nSPS) is 25.6. The molecular formula is C19H23N3O3. The average molecular weight is 341 g/mol. The van der Waals surface area contributed by atoms with Crippen LogP contribution in [0.3, 0.4) is 0 Å². The first kappa shape index (κ1) is 16.1. The quantitative estimate of drug-likeness (QED) is 0.689. The summed E-state index contributed by atoms with van der Waals surface area (Å²) in [6, 6.07) is 7.28. The monoisotopic (exact) mass is 341 g/mol. The minimum Gasteiger partial charge on any atom is -0.489 e. The van der Waals surface area contributed by atoms with E-state index in [0.717, 1.165) is 12.8 Å². The van der Waals surface area contributed by atoms with Crippen LogP contribution in [0.2, 0.25) is 0 Å². The number of carbonyl (C=O) groups excluding carboxylic acids is 2. The summed E-state index contributed by atoms with van der Waals surface area (Å²) in [5.74, 6) is 0.648. The highest BCUT2D eigenvalue weighted by atomic mass is 16.5. The number of benzene rings is 1. The number of para-hydroxylation sites is 1. The van der Waals surface area contributed by atoms with Gasteiger partial charge in [-0.3, -0.25) is 9.59 Å². The summed E-state index contributed by atoms with van der Waals surface area (Å²) in [7, 11) is 0.